The third-order valence-electron chi connectivity index (χ3n) is 3.22. The normalized spacial score (nSPS) is 15.5. The number of rotatable bonds is 4. The molecule has 1 heterocycles. The van der Waals surface area contributed by atoms with Crippen LogP contribution in [0.4, 0.5) is 4.39 Å². The Kier molecular flexibility index (Phi) is 5.85. The molecule has 1 N–H and O–H groups in total. The highest BCUT2D eigenvalue weighted by atomic mass is 19.1. The summed E-state index contributed by atoms with van der Waals surface area (Å²) in [6, 6.07) is 4.59. The Morgan fingerprint density at radius 2 is 2.15 bits per heavy atom. The molecule has 0 radical (unpaired) electrons. The Morgan fingerprint density at radius 3 is 2.90 bits per heavy atom. The van der Waals surface area contributed by atoms with Crippen LogP contribution in [0.5, 0.6) is 5.75 Å². The largest absolute Gasteiger partial charge is 0.490 e. The third kappa shape index (κ3) is 4.52. The number of hydrogen-bond donors (Lipinski definition) is 1. The molecule has 108 valence electrons. The van der Waals surface area contributed by atoms with Crippen molar-refractivity contribution in [3.63, 3.8) is 0 Å². The second kappa shape index (κ2) is 7.88. The zero-order valence-corrected chi connectivity index (χ0v) is 11.4. The summed E-state index contributed by atoms with van der Waals surface area (Å²) in [6.07, 6.45) is 2.32. The minimum atomic E-state index is -0.371. The lowest BCUT2D eigenvalue weighted by Gasteiger charge is -2.22. The molecule has 0 aromatic heterocycles. The van der Waals surface area contributed by atoms with E-state index < -0.39 is 0 Å². The van der Waals surface area contributed by atoms with E-state index in [0.29, 0.717) is 24.5 Å². The molecular formula is C16H19FO3. The number of benzene rings is 1. The van der Waals surface area contributed by atoms with E-state index >= 15 is 0 Å². The summed E-state index contributed by atoms with van der Waals surface area (Å²) in [5, 5.41) is 8.67. The molecular weight excluding hydrogens is 259 g/mol. The van der Waals surface area contributed by atoms with Gasteiger partial charge in [-0.05, 0) is 37.0 Å². The van der Waals surface area contributed by atoms with Crippen molar-refractivity contribution < 1.29 is 19.0 Å². The Hall–Kier alpha value is -1.57. The molecule has 3 nitrogen and oxygen atoms in total. The minimum Gasteiger partial charge on any atom is -0.490 e. The molecule has 4 heteroatoms. The third-order valence-corrected chi connectivity index (χ3v) is 3.22. The SMILES string of the molecule is OCCC#Cc1ccc(F)c(OCC2CCOCC2)c1. The van der Waals surface area contributed by atoms with Gasteiger partial charge in [0.1, 0.15) is 0 Å². The predicted molar refractivity (Wildman–Crippen MR) is 74.0 cm³/mol. The van der Waals surface area contributed by atoms with Gasteiger partial charge in [0.2, 0.25) is 0 Å². The van der Waals surface area contributed by atoms with Gasteiger partial charge in [0, 0.05) is 25.2 Å². The van der Waals surface area contributed by atoms with E-state index in [1.54, 1.807) is 12.1 Å². The molecule has 0 aliphatic carbocycles. The standard InChI is InChI=1S/C16H19FO3/c17-15-5-4-13(3-1-2-8-18)11-16(15)20-12-14-6-9-19-10-7-14/h4-5,11,14,18H,2,6-10,12H2. The summed E-state index contributed by atoms with van der Waals surface area (Å²) in [5.41, 5.74) is 0.696. The van der Waals surface area contributed by atoms with Crippen molar-refractivity contribution in [3.8, 4) is 17.6 Å². The number of aliphatic hydroxyl groups is 1. The van der Waals surface area contributed by atoms with Gasteiger partial charge in [-0.25, -0.2) is 4.39 Å². The van der Waals surface area contributed by atoms with Gasteiger partial charge < -0.3 is 14.6 Å². The zero-order chi connectivity index (χ0) is 14.2. The highest BCUT2D eigenvalue weighted by molar-refractivity contribution is 5.40. The average molecular weight is 278 g/mol. The first-order valence-electron chi connectivity index (χ1n) is 6.89. The average Bonchev–Trinajstić information content (AvgIpc) is 2.49. The van der Waals surface area contributed by atoms with Gasteiger partial charge in [-0.2, -0.15) is 0 Å². The molecule has 1 aromatic rings. The van der Waals surface area contributed by atoms with E-state index in [1.807, 2.05) is 0 Å². The Labute approximate surface area is 118 Å². The van der Waals surface area contributed by atoms with Crippen LogP contribution in [0.3, 0.4) is 0 Å². The fourth-order valence-corrected chi connectivity index (χ4v) is 2.03. The van der Waals surface area contributed by atoms with Crippen LogP contribution in [-0.2, 0) is 4.74 Å². The maximum absolute atomic E-state index is 13.7. The number of halogens is 1. The lowest BCUT2D eigenvalue weighted by atomic mass is 10.0. The Morgan fingerprint density at radius 1 is 1.35 bits per heavy atom. The highest BCUT2D eigenvalue weighted by Crippen LogP contribution is 2.21. The maximum Gasteiger partial charge on any atom is 0.165 e. The van der Waals surface area contributed by atoms with E-state index in [1.165, 1.54) is 6.07 Å². The first-order valence-corrected chi connectivity index (χ1v) is 6.89. The monoisotopic (exact) mass is 278 g/mol. The summed E-state index contributed by atoms with van der Waals surface area (Å²) in [7, 11) is 0. The molecule has 0 atom stereocenters. The van der Waals surface area contributed by atoms with Gasteiger partial charge in [0.25, 0.3) is 0 Å². The molecule has 0 spiro atoms. The highest BCUT2D eigenvalue weighted by Gasteiger charge is 2.15. The van der Waals surface area contributed by atoms with Gasteiger partial charge in [-0.1, -0.05) is 11.8 Å². The summed E-state index contributed by atoms with van der Waals surface area (Å²) >= 11 is 0. The maximum atomic E-state index is 13.7. The van der Waals surface area contributed by atoms with Crippen molar-refractivity contribution in [2.75, 3.05) is 26.4 Å². The molecule has 0 amide bonds. The fraction of sp³-hybridized carbons (Fsp3) is 0.500. The van der Waals surface area contributed by atoms with Gasteiger partial charge in [-0.15, -0.1) is 0 Å². The number of ether oxygens (including phenoxy) is 2. The summed E-state index contributed by atoms with van der Waals surface area (Å²) < 4.78 is 24.5. The van der Waals surface area contributed by atoms with E-state index in [4.69, 9.17) is 14.6 Å². The second-order valence-electron chi connectivity index (χ2n) is 4.79. The van der Waals surface area contributed by atoms with Crippen molar-refractivity contribution in [1.29, 1.82) is 0 Å². The first kappa shape index (κ1) is 14.8. The van der Waals surface area contributed by atoms with E-state index in [-0.39, 0.29) is 18.2 Å². The zero-order valence-electron chi connectivity index (χ0n) is 11.4. The van der Waals surface area contributed by atoms with Gasteiger partial charge >= 0.3 is 0 Å². The molecule has 0 bridgehead atoms. The van der Waals surface area contributed by atoms with Crippen LogP contribution in [0, 0.1) is 23.6 Å². The van der Waals surface area contributed by atoms with Crippen molar-refractivity contribution in [2.24, 2.45) is 5.92 Å². The van der Waals surface area contributed by atoms with Crippen LogP contribution in [0.2, 0.25) is 0 Å². The lowest BCUT2D eigenvalue weighted by Crippen LogP contribution is -2.21. The van der Waals surface area contributed by atoms with Crippen LogP contribution in [0.1, 0.15) is 24.8 Å². The van der Waals surface area contributed by atoms with Gasteiger partial charge in [-0.3, -0.25) is 0 Å². The fourth-order valence-electron chi connectivity index (χ4n) is 2.03. The van der Waals surface area contributed by atoms with Crippen LogP contribution < -0.4 is 4.74 Å². The summed E-state index contributed by atoms with van der Waals surface area (Å²) in [6.45, 7) is 2.04. The Bertz CT molecular complexity index is 484. The number of aliphatic hydroxyl groups excluding tert-OH is 1. The van der Waals surface area contributed by atoms with Gasteiger partial charge in [0.05, 0.1) is 13.2 Å². The molecule has 2 rings (SSSR count). The lowest BCUT2D eigenvalue weighted by molar-refractivity contribution is 0.0491. The molecule has 20 heavy (non-hydrogen) atoms. The summed E-state index contributed by atoms with van der Waals surface area (Å²) in [4.78, 5) is 0. The second-order valence-corrected chi connectivity index (χ2v) is 4.79. The van der Waals surface area contributed by atoms with Crippen molar-refractivity contribution in [3.05, 3.63) is 29.6 Å². The molecule has 1 fully saturated rings. The quantitative estimate of drug-likeness (QED) is 0.859. The van der Waals surface area contributed by atoms with E-state index in [9.17, 15) is 4.39 Å². The Balaban J connectivity index is 1.95. The van der Waals surface area contributed by atoms with Crippen LogP contribution in [0.15, 0.2) is 18.2 Å². The molecule has 1 aliphatic heterocycles. The minimum absolute atomic E-state index is 0.0291. The number of hydrogen-bond acceptors (Lipinski definition) is 3. The topological polar surface area (TPSA) is 38.7 Å². The molecule has 1 aliphatic rings. The smallest absolute Gasteiger partial charge is 0.165 e. The van der Waals surface area contributed by atoms with Crippen molar-refractivity contribution in [2.45, 2.75) is 19.3 Å². The van der Waals surface area contributed by atoms with Crippen LogP contribution in [-0.4, -0.2) is 31.5 Å². The summed E-state index contributed by atoms with van der Waals surface area (Å²) in [5.74, 6) is 5.98. The van der Waals surface area contributed by atoms with Gasteiger partial charge in [0.15, 0.2) is 11.6 Å². The van der Waals surface area contributed by atoms with Crippen molar-refractivity contribution in [1.82, 2.24) is 0 Å². The first-order chi connectivity index (χ1) is 9.79. The van der Waals surface area contributed by atoms with Crippen molar-refractivity contribution >= 4 is 0 Å². The molecule has 0 saturated carbocycles. The van der Waals surface area contributed by atoms with E-state index in [0.717, 1.165) is 26.1 Å². The van der Waals surface area contributed by atoms with Crippen LogP contribution in [0.25, 0.3) is 0 Å². The predicted octanol–water partition coefficient (Wildman–Crippen LogP) is 2.37. The molecule has 1 aromatic carbocycles. The molecule has 1 saturated heterocycles. The molecule has 0 unspecified atom stereocenters. The van der Waals surface area contributed by atoms with E-state index in [2.05, 4.69) is 11.8 Å². The van der Waals surface area contributed by atoms with Crippen LogP contribution >= 0.6 is 0 Å².